The summed E-state index contributed by atoms with van der Waals surface area (Å²) in [4.78, 5) is 42.2. The highest BCUT2D eigenvalue weighted by Crippen LogP contribution is 2.33. The van der Waals surface area contributed by atoms with Crippen LogP contribution in [-0.4, -0.2) is 66.0 Å². The molecule has 3 amide bonds. The standard InChI is InChI=1S/C29H35N3O5/c1-3-6-27(33)30-21-9-12-25-23(15-21)29(35)31(2)24-11-10-22(37-26(24)18-36-25)16-28(34)32-14-13-19-7-4-5-8-20(19)17-32/h4-5,7-9,12,15,22,24,26H,3,6,10-11,13-14,16-18H2,1-2H3,(H,30,33)/t22-,24-,26+/m1/s1. The minimum atomic E-state index is -0.320. The Morgan fingerprint density at radius 1 is 1.11 bits per heavy atom. The number of nitrogens with one attached hydrogen (secondary N) is 1. The van der Waals surface area contributed by atoms with E-state index in [2.05, 4.69) is 17.4 Å². The van der Waals surface area contributed by atoms with Crippen molar-refractivity contribution < 1.29 is 23.9 Å². The molecular weight excluding hydrogens is 470 g/mol. The maximum absolute atomic E-state index is 13.4. The van der Waals surface area contributed by atoms with E-state index in [4.69, 9.17) is 9.47 Å². The first-order valence-corrected chi connectivity index (χ1v) is 13.3. The number of rotatable bonds is 5. The van der Waals surface area contributed by atoms with Crippen molar-refractivity contribution in [2.24, 2.45) is 0 Å². The van der Waals surface area contributed by atoms with Gasteiger partial charge in [-0.05, 0) is 55.0 Å². The van der Waals surface area contributed by atoms with Crippen molar-refractivity contribution in [3.05, 3.63) is 59.2 Å². The van der Waals surface area contributed by atoms with Crippen LogP contribution in [0.1, 0.15) is 60.5 Å². The van der Waals surface area contributed by atoms with E-state index in [1.807, 2.05) is 24.0 Å². The molecule has 0 bridgehead atoms. The van der Waals surface area contributed by atoms with Crippen molar-refractivity contribution in [1.29, 1.82) is 0 Å². The van der Waals surface area contributed by atoms with Crippen molar-refractivity contribution in [3.63, 3.8) is 0 Å². The van der Waals surface area contributed by atoms with Gasteiger partial charge in [-0.25, -0.2) is 0 Å². The maximum Gasteiger partial charge on any atom is 0.257 e. The van der Waals surface area contributed by atoms with Gasteiger partial charge in [-0.3, -0.25) is 14.4 Å². The topological polar surface area (TPSA) is 88.2 Å². The first-order valence-electron chi connectivity index (χ1n) is 13.3. The van der Waals surface area contributed by atoms with Crippen LogP contribution in [-0.2, 0) is 27.3 Å². The van der Waals surface area contributed by atoms with E-state index >= 15 is 0 Å². The smallest absolute Gasteiger partial charge is 0.257 e. The Labute approximate surface area is 217 Å². The molecule has 0 unspecified atom stereocenters. The largest absolute Gasteiger partial charge is 0.490 e. The molecule has 0 aromatic heterocycles. The molecule has 0 radical (unpaired) electrons. The van der Waals surface area contributed by atoms with E-state index in [1.54, 1.807) is 30.1 Å². The number of carbonyl (C=O) groups is 3. The highest BCUT2D eigenvalue weighted by Gasteiger charge is 2.39. The Bertz CT molecular complexity index is 1180. The number of likely N-dealkylation sites (N-methyl/N-ethyl adjacent to an activating group) is 1. The van der Waals surface area contributed by atoms with Crippen molar-refractivity contribution in [2.45, 2.75) is 70.2 Å². The van der Waals surface area contributed by atoms with Gasteiger partial charge in [0.05, 0.1) is 24.1 Å². The summed E-state index contributed by atoms with van der Waals surface area (Å²) < 4.78 is 12.4. The van der Waals surface area contributed by atoms with E-state index in [1.165, 1.54) is 11.1 Å². The molecule has 0 aliphatic carbocycles. The van der Waals surface area contributed by atoms with Crippen LogP contribution >= 0.6 is 0 Å². The molecule has 3 aliphatic rings. The molecule has 1 fully saturated rings. The predicted octanol–water partition coefficient (Wildman–Crippen LogP) is 3.78. The van der Waals surface area contributed by atoms with Gasteiger partial charge in [-0.2, -0.15) is 0 Å². The van der Waals surface area contributed by atoms with Gasteiger partial charge in [0.1, 0.15) is 18.5 Å². The second-order valence-electron chi connectivity index (χ2n) is 10.2. The lowest BCUT2D eigenvalue weighted by atomic mass is 9.94. The van der Waals surface area contributed by atoms with Crippen LogP contribution in [0.15, 0.2) is 42.5 Å². The zero-order valence-corrected chi connectivity index (χ0v) is 21.6. The first kappa shape index (κ1) is 25.3. The van der Waals surface area contributed by atoms with E-state index in [0.717, 1.165) is 25.8 Å². The van der Waals surface area contributed by atoms with Crippen LogP contribution in [0.25, 0.3) is 0 Å². The Balaban J connectivity index is 1.23. The monoisotopic (exact) mass is 505 g/mol. The molecule has 0 saturated carbocycles. The molecule has 5 rings (SSSR count). The summed E-state index contributed by atoms with van der Waals surface area (Å²) in [6.45, 7) is 3.61. The fraction of sp³-hybridized carbons (Fsp3) is 0.483. The van der Waals surface area contributed by atoms with Gasteiger partial charge in [0.25, 0.3) is 5.91 Å². The summed E-state index contributed by atoms with van der Waals surface area (Å²) in [5, 5.41) is 2.85. The summed E-state index contributed by atoms with van der Waals surface area (Å²) in [6, 6.07) is 13.3. The summed E-state index contributed by atoms with van der Waals surface area (Å²) >= 11 is 0. The van der Waals surface area contributed by atoms with E-state index < -0.39 is 0 Å². The number of anilines is 1. The van der Waals surface area contributed by atoms with E-state index in [-0.39, 0.29) is 36.0 Å². The van der Waals surface area contributed by atoms with Crippen LogP contribution in [0.4, 0.5) is 5.69 Å². The molecule has 37 heavy (non-hydrogen) atoms. The molecule has 3 heterocycles. The molecule has 8 nitrogen and oxygen atoms in total. The van der Waals surface area contributed by atoms with Crippen LogP contribution in [0, 0.1) is 0 Å². The van der Waals surface area contributed by atoms with Gasteiger partial charge in [0.2, 0.25) is 11.8 Å². The predicted molar refractivity (Wildman–Crippen MR) is 139 cm³/mol. The van der Waals surface area contributed by atoms with Crippen molar-refractivity contribution >= 4 is 23.4 Å². The van der Waals surface area contributed by atoms with Crippen molar-refractivity contribution in [2.75, 3.05) is 25.5 Å². The fourth-order valence-electron chi connectivity index (χ4n) is 5.59. The molecule has 2 aromatic carbocycles. The van der Waals surface area contributed by atoms with E-state index in [0.29, 0.717) is 49.4 Å². The quantitative estimate of drug-likeness (QED) is 0.668. The zero-order chi connectivity index (χ0) is 25.9. The highest BCUT2D eigenvalue weighted by molar-refractivity contribution is 5.99. The molecule has 8 heteroatoms. The van der Waals surface area contributed by atoms with E-state index in [9.17, 15) is 14.4 Å². The molecule has 0 spiro atoms. The second-order valence-corrected chi connectivity index (χ2v) is 10.2. The van der Waals surface area contributed by atoms with Gasteiger partial charge in [-0.1, -0.05) is 31.2 Å². The van der Waals surface area contributed by atoms with Crippen molar-refractivity contribution in [3.8, 4) is 5.75 Å². The fourth-order valence-corrected chi connectivity index (χ4v) is 5.59. The van der Waals surface area contributed by atoms with Gasteiger partial charge in [0, 0.05) is 32.2 Å². The minimum Gasteiger partial charge on any atom is -0.490 e. The SMILES string of the molecule is CCCC(=O)Nc1ccc2c(c1)C(=O)N(C)[C@@H]1CC[C@H](CC(=O)N3CCc4ccccc4C3)O[C@H]1CO2. The van der Waals surface area contributed by atoms with Crippen LogP contribution in [0.2, 0.25) is 0 Å². The number of fused-ring (bicyclic) bond motifs is 3. The van der Waals surface area contributed by atoms with Gasteiger partial charge in [-0.15, -0.1) is 0 Å². The molecule has 2 aromatic rings. The molecule has 3 aliphatic heterocycles. The van der Waals surface area contributed by atoms with Gasteiger partial charge in [0.15, 0.2) is 0 Å². The average Bonchev–Trinajstić information content (AvgIpc) is 2.91. The highest BCUT2D eigenvalue weighted by atomic mass is 16.5. The second kappa shape index (κ2) is 10.9. The summed E-state index contributed by atoms with van der Waals surface area (Å²) in [6.07, 6.45) is 3.31. The first-order chi connectivity index (χ1) is 17.9. The van der Waals surface area contributed by atoms with Crippen LogP contribution in [0.3, 0.4) is 0 Å². The summed E-state index contributed by atoms with van der Waals surface area (Å²) in [7, 11) is 1.79. The Morgan fingerprint density at radius 3 is 2.73 bits per heavy atom. The molecule has 3 atom stereocenters. The van der Waals surface area contributed by atoms with Gasteiger partial charge < -0.3 is 24.6 Å². The van der Waals surface area contributed by atoms with Crippen molar-refractivity contribution in [1.82, 2.24) is 9.80 Å². The Morgan fingerprint density at radius 2 is 1.92 bits per heavy atom. The minimum absolute atomic E-state index is 0.0786. The molecule has 1 N–H and O–H groups in total. The lowest BCUT2D eigenvalue weighted by Gasteiger charge is -2.42. The number of amides is 3. The third kappa shape index (κ3) is 5.49. The third-order valence-electron chi connectivity index (χ3n) is 7.66. The summed E-state index contributed by atoms with van der Waals surface area (Å²) in [5.41, 5.74) is 3.54. The molecule has 1 saturated heterocycles. The Hall–Kier alpha value is -3.39. The average molecular weight is 506 g/mol. The number of benzene rings is 2. The molecular formula is C29H35N3O5. The molecule has 196 valence electrons. The maximum atomic E-state index is 13.4. The number of hydrogen-bond acceptors (Lipinski definition) is 5. The normalized spacial score (nSPS) is 23.1. The Kier molecular flexibility index (Phi) is 7.46. The van der Waals surface area contributed by atoms with Crippen LogP contribution < -0.4 is 10.1 Å². The number of nitrogens with zero attached hydrogens (tertiary/aromatic N) is 2. The lowest BCUT2D eigenvalue weighted by molar-refractivity contribution is -0.143. The van der Waals surface area contributed by atoms with Gasteiger partial charge >= 0.3 is 0 Å². The van der Waals surface area contributed by atoms with Crippen LogP contribution in [0.5, 0.6) is 5.75 Å². The lowest BCUT2D eigenvalue weighted by Crippen LogP contribution is -2.54. The number of hydrogen-bond donors (Lipinski definition) is 1. The summed E-state index contributed by atoms with van der Waals surface area (Å²) in [5.74, 6) is 0.334. The zero-order valence-electron chi connectivity index (χ0n) is 21.6. The third-order valence-corrected chi connectivity index (χ3v) is 7.66. The number of ether oxygens (including phenoxy) is 2. The number of carbonyl (C=O) groups excluding carboxylic acids is 3.